The van der Waals surface area contributed by atoms with Crippen molar-refractivity contribution in [2.24, 2.45) is 0 Å². The Labute approximate surface area is 130 Å². The second kappa shape index (κ2) is 7.09. The molecule has 0 saturated carbocycles. The molecule has 1 fully saturated rings. The second-order valence-corrected chi connectivity index (χ2v) is 5.61. The van der Waals surface area contributed by atoms with E-state index in [4.69, 9.17) is 0 Å². The van der Waals surface area contributed by atoms with Crippen molar-refractivity contribution in [2.45, 2.75) is 25.3 Å². The highest BCUT2D eigenvalue weighted by molar-refractivity contribution is 5.91. The molecule has 4 nitrogen and oxygen atoms in total. The largest absolute Gasteiger partial charge is 0.356 e. The smallest absolute Gasteiger partial charge is 0.225 e. The lowest BCUT2D eigenvalue weighted by molar-refractivity contribution is -0.116. The van der Waals surface area contributed by atoms with Crippen LogP contribution >= 0.6 is 0 Å². The van der Waals surface area contributed by atoms with Gasteiger partial charge in [0.25, 0.3) is 0 Å². The Balaban J connectivity index is 1.53. The number of hydrogen-bond donors (Lipinski definition) is 3. The van der Waals surface area contributed by atoms with E-state index < -0.39 is 0 Å². The first-order chi connectivity index (χ1) is 10.8. The zero-order valence-electron chi connectivity index (χ0n) is 12.5. The molecule has 0 bridgehead atoms. The Morgan fingerprint density at radius 2 is 1.68 bits per heavy atom. The molecule has 1 aliphatic heterocycles. The molecular weight excluding hydrogens is 274 g/mol. The molecule has 0 aliphatic carbocycles. The van der Waals surface area contributed by atoms with Crippen molar-refractivity contribution in [3.63, 3.8) is 0 Å². The summed E-state index contributed by atoms with van der Waals surface area (Å²) >= 11 is 0. The van der Waals surface area contributed by atoms with Crippen molar-refractivity contribution in [3.05, 3.63) is 54.6 Å². The summed E-state index contributed by atoms with van der Waals surface area (Å²) in [6.45, 7) is 1.03. The van der Waals surface area contributed by atoms with Crippen LogP contribution in [0.25, 0.3) is 0 Å². The summed E-state index contributed by atoms with van der Waals surface area (Å²) < 4.78 is 0. The number of rotatable bonds is 5. The monoisotopic (exact) mass is 295 g/mol. The van der Waals surface area contributed by atoms with Gasteiger partial charge in [-0.1, -0.05) is 18.2 Å². The minimum absolute atomic E-state index is 0.0724. The van der Waals surface area contributed by atoms with Gasteiger partial charge in [-0.3, -0.25) is 4.79 Å². The zero-order chi connectivity index (χ0) is 15.2. The van der Waals surface area contributed by atoms with Gasteiger partial charge >= 0.3 is 0 Å². The first kappa shape index (κ1) is 14.6. The molecule has 22 heavy (non-hydrogen) atoms. The fraction of sp³-hybridized carbons (Fsp3) is 0.278. The fourth-order valence-electron chi connectivity index (χ4n) is 2.69. The molecule has 2 aromatic carbocycles. The topological polar surface area (TPSA) is 53.2 Å². The molecule has 2 aromatic rings. The lowest BCUT2D eigenvalue weighted by atomic mass is 10.1. The van der Waals surface area contributed by atoms with Crippen LogP contribution in [0.1, 0.15) is 19.3 Å². The third-order valence-corrected chi connectivity index (χ3v) is 3.83. The number of para-hydroxylation sites is 1. The summed E-state index contributed by atoms with van der Waals surface area (Å²) in [5, 5.41) is 9.61. The molecule has 1 amide bonds. The molecule has 1 heterocycles. The van der Waals surface area contributed by atoms with Gasteiger partial charge in [0.15, 0.2) is 0 Å². The first-order valence-electron chi connectivity index (χ1n) is 7.75. The summed E-state index contributed by atoms with van der Waals surface area (Å²) in [5.74, 6) is 0.0724. The molecule has 0 radical (unpaired) electrons. The molecule has 0 spiro atoms. The van der Waals surface area contributed by atoms with Gasteiger partial charge in [0, 0.05) is 29.5 Å². The summed E-state index contributed by atoms with van der Waals surface area (Å²) in [7, 11) is 0. The fourth-order valence-corrected chi connectivity index (χ4v) is 2.69. The minimum Gasteiger partial charge on any atom is -0.356 e. The van der Waals surface area contributed by atoms with E-state index in [-0.39, 0.29) is 5.91 Å². The van der Waals surface area contributed by atoms with Gasteiger partial charge in [0.2, 0.25) is 5.91 Å². The standard InChI is InChI=1S/C18H21N3O/c22-18(13-17-7-4-12-19-17)21-16-10-8-15(9-11-16)20-14-5-2-1-3-6-14/h1-3,5-6,8-11,17,19-20H,4,7,12-13H2,(H,21,22). The quantitative estimate of drug-likeness (QED) is 0.791. The van der Waals surface area contributed by atoms with Gasteiger partial charge in [0.05, 0.1) is 0 Å². The highest BCUT2D eigenvalue weighted by Gasteiger charge is 2.17. The average molecular weight is 295 g/mol. The van der Waals surface area contributed by atoms with Crippen LogP contribution in [-0.4, -0.2) is 18.5 Å². The molecule has 3 rings (SSSR count). The molecule has 1 saturated heterocycles. The maximum absolute atomic E-state index is 12.0. The molecule has 1 atom stereocenters. The lowest BCUT2D eigenvalue weighted by Crippen LogP contribution is -2.27. The Hall–Kier alpha value is -2.33. The van der Waals surface area contributed by atoms with E-state index in [1.807, 2.05) is 54.6 Å². The van der Waals surface area contributed by atoms with Crippen LogP contribution in [0, 0.1) is 0 Å². The molecule has 1 unspecified atom stereocenters. The molecule has 114 valence electrons. The summed E-state index contributed by atoms with van der Waals surface area (Å²) in [6, 6.07) is 18.1. The van der Waals surface area contributed by atoms with E-state index in [2.05, 4.69) is 16.0 Å². The number of hydrogen-bond acceptors (Lipinski definition) is 3. The molecule has 3 N–H and O–H groups in total. The van der Waals surface area contributed by atoms with Crippen molar-refractivity contribution < 1.29 is 4.79 Å². The van der Waals surface area contributed by atoms with Gasteiger partial charge in [-0.15, -0.1) is 0 Å². The molecule has 1 aliphatic rings. The number of carbonyl (C=O) groups excluding carboxylic acids is 1. The van der Waals surface area contributed by atoms with Gasteiger partial charge in [-0.25, -0.2) is 0 Å². The van der Waals surface area contributed by atoms with Crippen LogP contribution in [0.15, 0.2) is 54.6 Å². The maximum Gasteiger partial charge on any atom is 0.225 e. The highest BCUT2D eigenvalue weighted by atomic mass is 16.1. The molecule has 4 heteroatoms. The van der Waals surface area contributed by atoms with Crippen LogP contribution in [0.2, 0.25) is 0 Å². The number of anilines is 3. The van der Waals surface area contributed by atoms with E-state index >= 15 is 0 Å². The van der Waals surface area contributed by atoms with Crippen molar-refractivity contribution in [1.29, 1.82) is 0 Å². The summed E-state index contributed by atoms with van der Waals surface area (Å²) in [5.41, 5.74) is 2.88. The number of benzene rings is 2. The van der Waals surface area contributed by atoms with Crippen LogP contribution in [0.5, 0.6) is 0 Å². The van der Waals surface area contributed by atoms with E-state index in [1.165, 1.54) is 0 Å². The summed E-state index contributed by atoms with van der Waals surface area (Å²) in [4.78, 5) is 12.0. The lowest BCUT2D eigenvalue weighted by Gasteiger charge is -2.11. The first-order valence-corrected chi connectivity index (χ1v) is 7.75. The van der Waals surface area contributed by atoms with Crippen LogP contribution in [0.4, 0.5) is 17.1 Å². The Morgan fingerprint density at radius 3 is 2.36 bits per heavy atom. The van der Waals surface area contributed by atoms with E-state index in [1.54, 1.807) is 0 Å². The minimum atomic E-state index is 0.0724. The predicted molar refractivity (Wildman–Crippen MR) is 90.4 cm³/mol. The Bertz CT molecular complexity index is 604. The van der Waals surface area contributed by atoms with E-state index in [9.17, 15) is 4.79 Å². The Morgan fingerprint density at radius 1 is 1.00 bits per heavy atom. The Kier molecular flexibility index (Phi) is 4.71. The number of nitrogens with one attached hydrogen (secondary N) is 3. The number of carbonyl (C=O) groups is 1. The van der Waals surface area contributed by atoms with Crippen molar-refractivity contribution in [1.82, 2.24) is 5.32 Å². The predicted octanol–water partition coefficient (Wildman–Crippen LogP) is 3.51. The maximum atomic E-state index is 12.0. The van der Waals surface area contributed by atoms with Crippen molar-refractivity contribution in [3.8, 4) is 0 Å². The molecule has 0 aromatic heterocycles. The van der Waals surface area contributed by atoms with Gasteiger partial charge in [0.1, 0.15) is 0 Å². The number of amides is 1. The zero-order valence-corrected chi connectivity index (χ0v) is 12.5. The SMILES string of the molecule is O=C(CC1CCCN1)Nc1ccc(Nc2ccccc2)cc1. The normalized spacial score (nSPS) is 17.2. The second-order valence-electron chi connectivity index (χ2n) is 5.61. The van der Waals surface area contributed by atoms with Crippen LogP contribution in [-0.2, 0) is 4.79 Å². The highest BCUT2D eigenvalue weighted by Crippen LogP contribution is 2.19. The van der Waals surface area contributed by atoms with Crippen molar-refractivity contribution >= 4 is 23.0 Å². The van der Waals surface area contributed by atoms with Crippen LogP contribution < -0.4 is 16.0 Å². The van der Waals surface area contributed by atoms with Gasteiger partial charge in [-0.2, -0.15) is 0 Å². The average Bonchev–Trinajstić information content (AvgIpc) is 3.03. The van der Waals surface area contributed by atoms with Gasteiger partial charge in [-0.05, 0) is 55.8 Å². The third-order valence-electron chi connectivity index (χ3n) is 3.83. The molecular formula is C18H21N3O. The summed E-state index contributed by atoms with van der Waals surface area (Å²) in [6.07, 6.45) is 2.80. The van der Waals surface area contributed by atoms with E-state index in [0.29, 0.717) is 12.5 Å². The van der Waals surface area contributed by atoms with Gasteiger partial charge < -0.3 is 16.0 Å². The van der Waals surface area contributed by atoms with E-state index in [0.717, 1.165) is 36.4 Å². The van der Waals surface area contributed by atoms with Crippen LogP contribution in [0.3, 0.4) is 0 Å². The third kappa shape index (κ3) is 4.09. The van der Waals surface area contributed by atoms with Crippen molar-refractivity contribution in [2.75, 3.05) is 17.2 Å².